The van der Waals surface area contributed by atoms with E-state index in [1.807, 2.05) is 6.92 Å². The van der Waals surface area contributed by atoms with Crippen LogP contribution in [0, 0.1) is 16.7 Å². The highest BCUT2D eigenvalue weighted by Crippen LogP contribution is 2.63. The maximum Gasteiger partial charge on any atom is 0.332 e. The molecular formula is C11H21N3O. The van der Waals surface area contributed by atoms with E-state index in [1.54, 1.807) is 0 Å². The zero-order valence-corrected chi connectivity index (χ0v) is 10.2. The molecule has 1 saturated carbocycles. The summed E-state index contributed by atoms with van der Waals surface area (Å²) in [5, 5.41) is 3.99. The first-order valence-electron chi connectivity index (χ1n) is 5.28. The van der Waals surface area contributed by atoms with Crippen molar-refractivity contribution in [1.29, 1.82) is 0 Å². The second-order valence-corrected chi connectivity index (χ2v) is 5.65. The van der Waals surface area contributed by atoms with Crippen LogP contribution in [-0.2, 0) is 0 Å². The quantitative estimate of drug-likeness (QED) is 0.533. The molecule has 0 radical (unpaired) electrons. The van der Waals surface area contributed by atoms with Gasteiger partial charge in [0.25, 0.3) is 0 Å². The van der Waals surface area contributed by atoms with Gasteiger partial charge in [-0.2, -0.15) is 5.10 Å². The van der Waals surface area contributed by atoms with Crippen LogP contribution in [0.2, 0.25) is 0 Å². The van der Waals surface area contributed by atoms with Crippen molar-refractivity contribution in [3.63, 3.8) is 0 Å². The molecule has 1 rings (SSSR count). The molecule has 2 amide bonds. The van der Waals surface area contributed by atoms with Gasteiger partial charge < -0.3 is 5.73 Å². The zero-order valence-electron chi connectivity index (χ0n) is 10.2. The SMILES string of the molecule is CC(=NNC(N)=O)C1CC1(C)C(C)(C)C. The summed E-state index contributed by atoms with van der Waals surface area (Å²) in [5.74, 6) is 0.462. The summed E-state index contributed by atoms with van der Waals surface area (Å²) in [7, 11) is 0. The molecule has 0 aromatic carbocycles. The van der Waals surface area contributed by atoms with Gasteiger partial charge in [-0.15, -0.1) is 0 Å². The van der Waals surface area contributed by atoms with E-state index in [2.05, 4.69) is 38.2 Å². The molecule has 0 aromatic rings. The normalized spacial score (nSPS) is 31.3. The molecule has 0 aliphatic heterocycles. The lowest BCUT2D eigenvalue weighted by Crippen LogP contribution is -2.27. The minimum Gasteiger partial charge on any atom is -0.350 e. The fourth-order valence-corrected chi connectivity index (χ4v) is 2.02. The molecule has 86 valence electrons. The number of carbonyl (C=O) groups excluding carboxylic acids is 1. The van der Waals surface area contributed by atoms with Crippen LogP contribution >= 0.6 is 0 Å². The van der Waals surface area contributed by atoms with Crippen LogP contribution in [0.25, 0.3) is 0 Å². The van der Waals surface area contributed by atoms with Gasteiger partial charge in [0.15, 0.2) is 0 Å². The van der Waals surface area contributed by atoms with Crippen LogP contribution in [0.1, 0.15) is 41.0 Å². The maximum atomic E-state index is 10.5. The number of primary amides is 1. The van der Waals surface area contributed by atoms with Crippen molar-refractivity contribution < 1.29 is 4.79 Å². The Balaban J connectivity index is 2.64. The van der Waals surface area contributed by atoms with Crippen molar-refractivity contribution in [2.75, 3.05) is 0 Å². The summed E-state index contributed by atoms with van der Waals surface area (Å²) in [6, 6.07) is -0.604. The van der Waals surface area contributed by atoms with Crippen molar-refractivity contribution in [2.45, 2.75) is 41.0 Å². The molecule has 0 aromatic heterocycles. The highest BCUT2D eigenvalue weighted by molar-refractivity contribution is 5.89. The number of carbonyl (C=O) groups is 1. The minimum atomic E-state index is -0.604. The first-order valence-corrected chi connectivity index (χ1v) is 5.28. The van der Waals surface area contributed by atoms with Gasteiger partial charge in [-0.05, 0) is 24.2 Å². The van der Waals surface area contributed by atoms with Crippen molar-refractivity contribution in [3.8, 4) is 0 Å². The smallest absolute Gasteiger partial charge is 0.332 e. The van der Waals surface area contributed by atoms with Gasteiger partial charge in [-0.3, -0.25) is 0 Å². The van der Waals surface area contributed by atoms with E-state index in [0.29, 0.717) is 11.3 Å². The second kappa shape index (κ2) is 3.51. The van der Waals surface area contributed by atoms with E-state index in [1.165, 1.54) is 0 Å². The van der Waals surface area contributed by atoms with Crippen molar-refractivity contribution >= 4 is 11.7 Å². The Morgan fingerprint density at radius 3 is 2.40 bits per heavy atom. The Hall–Kier alpha value is -1.06. The van der Waals surface area contributed by atoms with E-state index < -0.39 is 6.03 Å². The number of nitrogens with zero attached hydrogens (tertiary/aromatic N) is 1. The Kier molecular flexibility index (Phi) is 2.81. The van der Waals surface area contributed by atoms with E-state index in [9.17, 15) is 4.79 Å². The van der Waals surface area contributed by atoms with Gasteiger partial charge >= 0.3 is 6.03 Å². The first kappa shape index (κ1) is 12.0. The third-order valence-corrected chi connectivity index (χ3v) is 3.80. The number of urea groups is 1. The van der Waals surface area contributed by atoms with Gasteiger partial charge in [0.2, 0.25) is 0 Å². The monoisotopic (exact) mass is 211 g/mol. The summed E-state index contributed by atoms with van der Waals surface area (Å²) in [6.07, 6.45) is 1.13. The topological polar surface area (TPSA) is 67.5 Å². The largest absolute Gasteiger partial charge is 0.350 e. The van der Waals surface area contributed by atoms with Gasteiger partial charge in [0.1, 0.15) is 0 Å². The third kappa shape index (κ3) is 2.30. The molecule has 1 aliphatic carbocycles. The molecule has 3 N–H and O–H groups in total. The molecule has 2 unspecified atom stereocenters. The Labute approximate surface area is 91.3 Å². The van der Waals surface area contributed by atoms with Crippen LogP contribution < -0.4 is 11.2 Å². The minimum absolute atomic E-state index is 0.265. The van der Waals surface area contributed by atoms with E-state index >= 15 is 0 Å². The first-order chi connectivity index (χ1) is 6.68. The molecule has 4 nitrogen and oxygen atoms in total. The number of rotatable bonds is 2. The fourth-order valence-electron chi connectivity index (χ4n) is 2.02. The average Bonchev–Trinajstić information content (AvgIpc) is 2.74. The molecule has 2 atom stereocenters. The van der Waals surface area contributed by atoms with E-state index in [0.717, 1.165) is 12.1 Å². The fraction of sp³-hybridized carbons (Fsp3) is 0.818. The molecule has 1 aliphatic rings. The number of hydrazone groups is 1. The summed E-state index contributed by atoms with van der Waals surface area (Å²) in [5.41, 5.74) is 8.76. The average molecular weight is 211 g/mol. The third-order valence-electron chi connectivity index (χ3n) is 3.80. The molecule has 0 spiro atoms. The number of amides is 2. The Morgan fingerprint density at radius 2 is 2.07 bits per heavy atom. The predicted molar refractivity (Wildman–Crippen MR) is 61.5 cm³/mol. The summed E-state index contributed by atoms with van der Waals surface area (Å²) >= 11 is 0. The number of hydrogen-bond donors (Lipinski definition) is 2. The summed E-state index contributed by atoms with van der Waals surface area (Å²) in [4.78, 5) is 10.5. The van der Waals surface area contributed by atoms with E-state index in [-0.39, 0.29) is 5.41 Å². The van der Waals surface area contributed by atoms with Gasteiger partial charge in [0.05, 0.1) is 0 Å². The molecule has 0 heterocycles. The molecule has 15 heavy (non-hydrogen) atoms. The summed E-state index contributed by atoms with van der Waals surface area (Å²) in [6.45, 7) is 10.9. The Bertz CT molecular complexity index is 303. The van der Waals surface area contributed by atoms with Crippen LogP contribution in [0.5, 0.6) is 0 Å². The van der Waals surface area contributed by atoms with Crippen molar-refractivity contribution in [2.24, 2.45) is 27.6 Å². The summed E-state index contributed by atoms with van der Waals surface area (Å²) < 4.78 is 0. The molecule has 1 fully saturated rings. The number of hydrogen-bond acceptors (Lipinski definition) is 2. The van der Waals surface area contributed by atoms with Crippen LogP contribution in [-0.4, -0.2) is 11.7 Å². The lowest BCUT2D eigenvalue weighted by Gasteiger charge is -2.28. The molecular weight excluding hydrogens is 190 g/mol. The van der Waals surface area contributed by atoms with Crippen LogP contribution in [0.4, 0.5) is 4.79 Å². The standard InChI is InChI=1S/C11H21N3O/c1-7(13-14-9(12)15)8-6-11(8,5)10(2,3)4/h8H,6H2,1-5H3,(H3,12,14,15). The predicted octanol–water partition coefficient (Wildman–Crippen LogP) is 2.10. The molecule has 0 saturated heterocycles. The Morgan fingerprint density at radius 1 is 1.53 bits per heavy atom. The molecule has 4 heteroatoms. The lowest BCUT2D eigenvalue weighted by atomic mass is 9.77. The highest BCUT2D eigenvalue weighted by atomic mass is 16.2. The van der Waals surface area contributed by atoms with Gasteiger partial charge in [-0.1, -0.05) is 27.7 Å². The number of nitrogens with two attached hydrogens (primary N) is 1. The van der Waals surface area contributed by atoms with Crippen molar-refractivity contribution in [3.05, 3.63) is 0 Å². The molecule has 0 bridgehead atoms. The highest BCUT2D eigenvalue weighted by Gasteiger charge is 2.58. The van der Waals surface area contributed by atoms with Gasteiger partial charge in [0, 0.05) is 11.6 Å². The maximum absolute atomic E-state index is 10.5. The van der Waals surface area contributed by atoms with Crippen LogP contribution in [0.3, 0.4) is 0 Å². The van der Waals surface area contributed by atoms with Crippen LogP contribution in [0.15, 0.2) is 5.10 Å². The second-order valence-electron chi connectivity index (χ2n) is 5.65. The van der Waals surface area contributed by atoms with Gasteiger partial charge in [-0.25, -0.2) is 10.2 Å². The number of nitrogens with one attached hydrogen (secondary N) is 1. The van der Waals surface area contributed by atoms with Crippen molar-refractivity contribution in [1.82, 2.24) is 5.43 Å². The van der Waals surface area contributed by atoms with E-state index in [4.69, 9.17) is 5.73 Å². The lowest BCUT2D eigenvalue weighted by molar-refractivity contribution is 0.226. The zero-order chi connectivity index (χ0) is 11.9.